The van der Waals surface area contributed by atoms with Crippen LogP contribution in [-0.4, -0.2) is 46.3 Å². The Morgan fingerprint density at radius 1 is 1.09 bits per heavy atom. The average molecular weight is 540 g/mol. The normalized spacial score (nSPS) is 14.9. The number of carbonyl (C=O) groups is 1. The fourth-order valence-electron chi connectivity index (χ4n) is 3.83. The zero-order chi connectivity index (χ0) is 23.9. The largest absolute Gasteiger partial charge is 0.355 e. The molecule has 2 heterocycles. The van der Waals surface area contributed by atoms with Gasteiger partial charge in [0, 0.05) is 29.5 Å². The number of benzene rings is 2. The Labute approximate surface area is 218 Å². The number of piperidine rings is 1. The molecular formula is C24H25Cl3N4O2S. The maximum absolute atomic E-state index is 12.5. The molecule has 0 bridgehead atoms. The van der Waals surface area contributed by atoms with Gasteiger partial charge in [-0.25, -0.2) is 0 Å². The van der Waals surface area contributed by atoms with Crippen molar-refractivity contribution in [1.29, 1.82) is 0 Å². The second-order valence-corrected chi connectivity index (χ2v) is 10.5. The van der Waals surface area contributed by atoms with Gasteiger partial charge in [-0.15, -0.1) is 0 Å². The zero-order valence-electron chi connectivity index (χ0n) is 18.5. The van der Waals surface area contributed by atoms with Crippen LogP contribution in [0.4, 0.5) is 0 Å². The summed E-state index contributed by atoms with van der Waals surface area (Å²) in [6, 6.07) is 13.1. The number of nitrogens with zero attached hydrogens (tertiary/aromatic N) is 3. The lowest BCUT2D eigenvalue weighted by Crippen LogP contribution is -2.40. The molecular weight excluding hydrogens is 515 g/mol. The first kappa shape index (κ1) is 25.3. The van der Waals surface area contributed by atoms with Crippen LogP contribution in [-0.2, 0) is 17.1 Å². The molecule has 1 aliphatic rings. The van der Waals surface area contributed by atoms with Crippen LogP contribution < -0.4 is 5.32 Å². The van der Waals surface area contributed by atoms with E-state index in [1.165, 1.54) is 0 Å². The molecule has 1 amide bonds. The van der Waals surface area contributed by atoms with Crippen molar-refractivity contribution in [2.24, 2.45) is 5.92 Å². The lowest BCUT2D eigenvalue weighted by Gasteiger charge is -2.30. The van der Waals surface area contributed by atoms with Crippen LogP contribution in [0.25, 0.3) is 11.4 Å². The molecule has 34 heavy (non-hydrogen) atoms. The highest BCUT2D eigenvalue weighted by molar-refractivity contribution is 7.98. The standard InChI is InChI=1S/C24H25Cl3N4O2S/c25-19-4-2-1-3-18(19)23-29-22(33-30-23)14-31-10-7-17(8-11-31)24(32)28-9-12-34-15-16-5-6-20(26)21(27)13-16/h1-6,13,17H,7-12,14-15H2,(H,28,32). The molecule has 6 nitrogen and oxygen atoms in total. The Kier molecular flexibility index (Phi) is 9.14. The summed E-state index contributed by atoms with van der Waals surface area (Å²) in [5.74, 6) is 2.89. The quantitative estimate of drug-likeness (QED) is 0.338. The minimum atomic E-state index is 0.0395. The third-order valence-corrected chi connectivity index (χ3v) is 7.80. The van der Waals surface area contributed by atoms with E-state index in [4.69, 9.17) is 39.3 Å². The minimum Gasteiger partial charge on any atom is -0.355 e. The summed E-state index contributed by atoms with van der Waals surface area (Å²) in [6.07, 6.45) is 1.63. The Hall–Kier alpha value is -1.77. The van der Waals surface area contributed by atoms with Gasteiger partial charge in [0.15, 0.2) is 0 Å². The van der Waals surface area contributed by atoms with E-state index < -0.39 is 0 Å². The fourth-order valence-corrected chi connectivity index (χ4v) is 5.17. The lowest BCUT2D eigenvalue weighted by molar-refractivity contribution is -0.126. The van der Waals surface area contributed by atoms with E-state index in [1.54, 1.807) is 17.8 Å². The molecule has 2 aromatic carbocycles. The Balaban J connectivity index is 1.14. The minimum absolute atomic E-state index is 0.0395. The van der Waals surface area contributed by atoms with Crippen LogP contribution in [0, 0.1) is 5.92 Å². The van der Waals surface area contributed by atoms with E-state index >= 15 is 0 Å². The number of carbonyl (C=O) groups excluding carboxylic acids is 1. The average Bonchev–Trinajstić information content (AvgIpc) is 3.30. The monoisotopic (exact) mass is 538 g/mol. The molecule has 1 aromatic heterocycles. The SMILES string of the molecule is O=C(NCCSCc1ccc(Cl)c(Cl)c1)C1CCN(Cc2nc(-c3ccccc3Cl)no2)CC1. The molecule has 1 aliphatic heterocycles. The number of rotatable bonds is 9. The molecule has 1 saturated heterocycles. The number of likely N-dealkylation sites (tertiary alicyclic amines) is 1. The third-order valence-electron chi connectivity index (χ3n) is 5.70. The fraction of sp³-hybridized carbons (Fsp3) is 0.375. The highest BCUT2D eigenvalue weighted by Gasteiger charge is 2.26. The summed E-state index contributed by atoms with van der Waals surface area (Å²) in [5.41, 5.74) is 1.88. The number of aromatic nitrogens is 2. The Morgan fingerprint density at radius 3 is 2.65 bits per heavy atom. The number of nitrogens with one attached hydrogen (secondary N) is 1. The molecule has 0 unspecified atom stereocenters. The maximum Gasteiger partial charge on any atom is 0.241 e. The van der Waals surface area contributed by atoms with E-state index in [9.17, 15) is 4.79 Å². The smallest absolute Gasteiger partial charge is 0.241 e. The van der Waals surface area contributed by atoms with Gasteiger partial charge in [0.25, 0.3) is 0 Å². The van der Waals surface area contributed by atoms with Crippen molar-refractivity contribution in [3.63, 3.8) is 0 Å². The van der Waals surface area contributed by atoms with Crippen molar-refractivity contribution in [2.75, 3.05) is 25.4 Å². The van der Waals surface area contributed by atoms with Crippen molar-refractivity contribution >= 4 is 52.5 Å². The zero-order valence-corrected chi connectivity index (χ0v) is 21.6. The number of thioether (sulfide) groups is 1. The van der Waals surface area contributed by atoms with Crippen molar-refractivity contribution in [3.8, 4) is 11.4 Å². The number of hydrogen-bond donors (Lipinski definition) is 1. The van der Waals surface area contributed by atoms with Gasteiger partial charge in [0.1, 0.15) is 0 Å². The first-order chi connectivity index (χ1) is 16.5. The summed E-state index contributed by atoms with van der Waals surface area (Å²) in [6.45, 7) is 2.84. The molecule has 0 saturated carbocycles. The van der Waals surface area contributed by atoms with Gasteiger partial charge in [-0.2, -0.15) is 16.7 Å². The van der Waals surface area contributed by atoms with Gasteiger partial charge in [-0.3, -0.25) is 9.69 Å². The second-order valence-electron chi connectivity index (χ2n) is 8.13. The number of amides is 1. The van der Waals surface area contributed by atoms with Crippen LogP contribution in [0.1, 0.15) is 24.3 Å². The number of halogens is 3. The van der Waals surface area contributed by atoms with Crippen molar-refractivity contribution < 1.29 is 9.32 Å². The number of hydrogen-bond acceptors (Lipinski definition) is 6. The molecule has 0 radical (unpaired) electrons. The topological polar surface area (TPSA) is 71.3 Å². The molecule has 4 rings (SSSR count). The van der Waals surface area contributed by atoms with Gasteiger partial charge >= 0.3 is 0 Å². The van der Waals surface area contributed by atoms with Crippen molar-refractivity contribution in [2.45, 2.75) is 25.1 Å². The molecule has 1 fully saturated rings. The van der Waals surface area contributed by atoms with Crippen molar-refractivity contribution in [3.05, 3.63) is 69.0 Å². The highest BCUT2D eigenvalue weighted by Crippen LogP contribution is 2.26. The first-order valence-electron chi connectivity index (χ1n) is 11.1. The Morgan fingerprint density at radius 2 is 1.88 bits per heavy atom. The molecule has 3 aromatic rings. The van der Waals surface area contributed by atoms with Crippen LogP contribution in [0.15, 0.2) is 47.0 Å². The second kappa shape index (κ2) is 12.3. The third kappa shape index (κ3) is 6.89. The lowest BCUT2D eigenvalue weighted by atomic mass is 9.96. The molecule has 0 spiro atoms. The summed E-state index contributed by atoms with van der Waals surface area (Å²) in [5, 5.41) is 8.85. The highest BCUT2D eigenvalue weighted by atomic mass is 35.5. The summed E-state index contributed by atoms with van der Waals surface area (Å²) in [7, 11) is 0. The van der Waals surface area contributed by atoms with E-state index in [-0.39, 0.29) is 11.8 Å². The van der Waals surface area contributed by atoms with Gasteiger partial charge in [-0.1, -0.05) is 58.2 Å². The van der Waals surface area contributed by atoms with Gasteiger partial charge in [0.05, 0.1) is 21.6 Å². The molecule has 0 aliphatic carbocycles. The van der Waals surface area contributed by atoms with Crippen LogP contribution >= 0.6 is 46.6 Å². The maximum atomic E-state index is 12.5. The van der Waals surface area contributed by atoms with E-state index in [2.05, 4.69) is 20.4 Å². The molecule has 1 N–H and O–H groups in total. The molecule has 0 atom stereocenters. The predicted octanol–water partition coefficient (Wildman–Crippen LogP) is 5.96. The van der Waals surface area contributed by atoms with Crippen LogP contribution in [0.5, 0.6) is 0 Å². The first-order valence-corrected chi connectivity index (χ1v) is 13.4. The van der Waals surface area contributed by atoms with Gasteiger partial charge < -0.3 is 9.84 Å². The van der Waals surface area contributed by atoms with Gasteiger partial charge in [-0.05, 0) is 55.8 Å². The summed E-state index contributed by atoms with van der Waals surface area (Å²) >= 11 is 20.0. The van der Waals surface area contributed by atoms with Gasteiger partial charge in [0.2, 0.25) is 17.6 Å². The van der Waals surface area contributed by atoms with E-state index in [1.807, 2.05) is 36.4 Å². The predicted molar refractivity (Wildman–Crippen MR) is 138 cm³/mol. The van der Waals surface area contributed by atoms with E-state index in [0.717, 1.165) is 48.6 Å². The Bertz CT molecular complexity index is 1120. The molecule has 10 heteroatoms. The van der Waals surface area contributed by atoms with E-state index in [0.29, 0.717) is 39.9 Å². The summed E-state index contributed by atoms with van der Waals surface area (Å²) in [4.78, 5) is 19.3. The molecule has 180 valence electrons. The van der Waals surface area contributed by atoms with Crippen LogP contribution in [0.3, 0.4) is 0 Å². The van der Waals surface area contributed by atoms with Crippen molar-refractivity contribution in [1.82, 2.24) is 20.4 Å². The van der Waals surface area contributed by atoms with Crippen LogP contribution in [0.2, 0.25) is 15.1 Å². The summed E-state index contributed by atoms with van der Waals surface area (Å²) < 4.78 is 5.41.